The Hall–Kier alpha value is -2.29. The summed E-state index contributed by atoms with van der Waals surface area (Å²) in [5.41, 5.74) is -0.291. The number of nitrogens with zero attached hydrogens (tertiary/aromatic N) is 2. The van der Waals surface area contributed by atoms with E-state index >= 15 is 0 Å². The van der Waals surface area contributed by atoms with Crippen LogP contribution in [0.5, 0.6) is 0 Å². The molecule has 0 unspecified atom stereocenters. The van der Waals surface area contributed by atoms with E-state index in [1.165, 1.54) is 0 Å². The molecule has 78 valence electrons. The van der Waals surface area contributed by atoms with Gasteiger partial charge in [-0.05, 0) is 12.1 Å². The second-order valence-electron chi connectivity index (χ2n) is 3.18. The van der Waals surface area contributed by atoms with Crippen molar-refractivity contribution in [1.29, 1.82) is 0 Å². The maximum Gasteiger partial charge on any atom is 0.297 e. The summed E-state index contributed by atoms with van der Waals surface area (Å²) in [6, 6.07) is 18.5. The van der Waals surface area contributed by atoms with Crippen LogP contribution in [-0.4, -0.2) is 10.2 Å². The summed E-state index contributed by atoms with van der Waals surface area (Å²) < 4.78 is 0. The highest BCUT2D eigenvalue weighted by Crippen LogP contribution is 1.86. The van der Waals surface area contributed by atoms with Gasteiger partial charge in [-0.25, -0.2) is 0 Å². The van der Waals surface area contributed by atoms with Crippen LogP contribution in [0.15, 0.2) is 65.5 Å². The van der Waals surface area contributed by atoms with Crippen LogP contribution in [0.4, 0.5) is 0 Å². The molecular formula is C13H10N2O. The van der Waals surface area contributed by atoms with Gasteiger partial charge in [0.2, 0.25) is 0 Å². The number of hydrogen-bond acceptors (Lipinski definition) is 3. The highest BCUT2D eigenvalue weighted by atomic mass is 16.1. The third-order valence-electron chi connectivity index (χ3n) is 2.05. The first kappa shape index (κ1) is 10.2. The minimum absolute atomic E-state index is 0.291. The Balaban J connectivity index is 2.84. The van der Waals surface area contributed by atoms with Gasteiger partial charge in [-0.3, -0.25) is 4.79 Å². The standard InChI is InChI=1S/C13H10N2O/c16-13-11-9-7-5-3-1-2-4-6-8-10-12(11)14-15-13/h1-10H. The summed E-state index contributed by atoms with van der Waals surface area (Å²) in [7, 11) is 0. The molecule has 1 aliphatic carbocycles. The van der Waals surface area contributed by atoms with Crippen LogP contribution < -0.4 is 5.56 Å². The van der Waals surface area contributed by atoms with Crippen molar-refractivity contribution < 1.29 is 0 Å². The average molecular weight is 210 g/mol. The highest BCUT2D eigenvalue weighted by molar-refractivity contribution is 5.05. The van der Waals surface area contributed by atoms with E-state index in [0.29, 0.717) is 10.6 Å². The predicted molar refractivity (Wildman–Crippen MR) is 61.2 cm³/mol. The van der Waals surface area contributed by atoms with Gasteiger partial charge in [-0.15, -0.1) is 10.2 Å². The van der Waals surface area contributed by atoms with E-state index in [0.717, 1.165) is 0 Å². The Bertz CT molecular complexity index is 653. The van der Waals surface area contributed by atoms with Gasteiger partial charge < -0.3 is 0 Å². The minimum Gasteiger partial charge on any atom is -0.265 e. The maximum atomic E-state index is 11.4. The Labute approximate surface area is 92.4 Å². The molecule has 0 atom stereocenters. The molecule has 16 heavy (non-hydrogen) atoms. The van der Waals surface area contributed by atoms with Crippen molar-refractivity contribution in [3.63, 3.8) is 0 Å². The predicted octanol–water partition coefficient (Wildman–Crippen LogP) is 1.69. The summed E-state index contributed by atoms with van der Waals surface area (Å²) in [5.74, 6) is 0. The van der Waals surface area contributed by atoms with Gasteiger partial charge in [-0.1, -0.05) is 48.5 Å². The van der Waals surface area contributed by atoms with Crippen LogP contribution in [-0.2, 0) is 0 Å². The Morgan fingerprint density at radius 1 is 0.688 bits per heavy atom. The fourth-order valence-corrected chi connectivity index (χ4v) is 1.28. The van der Waals surface area contributed by atoms with E-state index in [2.05, 4.69) is 10.2 Å². The third kappa shape index (κ3) is 2.39. The topological polar surface area (TPSA) is 42.9 Å². The van der Waals surface area contributed by atoms with Crippen molar-refractivity contribution in [3.05, 3.63) is 81.6 Å². The van der Waals surface area contributed by atoms with Crippen LogP contribution in [0.25, 0.3) is 0 Å². The maximum absolute atomic E-state index is 11.4. The lowest BCUT2D eigenvalue weighted by Gasteiger charge is -1.72. The average Bonchev–Trinajstić information content (AvgIpc) is 2.60. The molecule has 0 spiro atoms. The first-order valence-corrected chi connectivity index (χ1v) is 4.93. The first-order chi connectivity index (χ1) is 7.88. The van der Waals surface area contributed by atoms with Gasteiger partial charge in [0.15, 0.2) is 0 Å². The number of aromatic nitrogens is 2. The summed E-state index contributed by atoms with van der Waals surface area (Å²) in [4.78, 5) is 11.4. The second kappa shape index (κ2) is 4.98. The van der Waals surface area contributed by atoms with Crippen molar-refractivity contribution in [2.45, 2.75) is 0 Å². The third-order valence-corrected chi connectivity index (χ3v) is 2.05. The molecule has 1 heterocycles. The van der Waals surface area contributed by atoms with Crippen LogP contribution in [0.1, 0.15) is 0 Å². The smallest absolute Gasteiger partial charge is 0.265 e. The fourth-order valence-electron chi connectivity index (χ4n) is 1.28. The van der Waals surface area contributed by atoms with Crippen molar-refractivity contribution in [1.82, 2.24) is 10.2 Å². The van der Waals surface area contributed by atoms with E-state index in [9.17, 15) is 4.79 Å². The van der Waals surface area contributed by atoms with Gasteiger partial charge in [0.25, 0.3) is 5.56 Å². The molecule has 2 rings (SSSR count). The Morgan fingerprint density at radius 3 is 1.94 bits per heavy atom. The summed E-state index contributed by atoms with van der Waals surface area (Å²) in [6.07, 6.45) is 0. The van der Waals surface area contributed by atoms with Crippen molar-refractivity contribution in [2.75, 3.05) is 0 Å². The van der Waals surface area contributed by atoms with Crippen LogP contribution >= 0.6 is 0 Å². The lowest BCUT2D eigenvalue weighted by molar-refractivity contribution is 1.03. The van der Waals surface area contributed by atoms with Gasteiger partial charge in [0.05, 0.1) is 10.6 Å². The molecule has 0 amide bonds. The van der Waals surface area contributed by atoms with Gasteiger partial charge >= 0.3 is 0 Å². The minimum atomic E-state index is -0.291. The van der Waals surface area contributed by atoms with Crippen LogP contribution in [0.3, 0.4) is 0 Å². The SMILES string of the molecule is O=c1nnc2ccccccccccc1=2. The largest absolute Gasteiger partial charge is 0.297 e. The molecule has 3 heteroatoms. The fraction of sp³-hybridized carbons (Fsp3) is 0. The van der Waals surface area contributed by atoms with E-state index in [-0.39, 0.29) is 5.56 Å². The Morgan fingerprint density at radius 2 is 1.25 bits per heavy atom. The zero-order chi connectivity index (χ0) is 11.2. The molecule has 0 saturated carbocycles. The van der Waals surface area contributed by atoms with Crippen LogP contribution in [0.2, 0.25) is 0 Å². The molecule has 0 radical (unpaired) electrons. The summed E-state index contributed by atoms with van der Waals surface area (Å²) in [5, 5.41) is 8.45. The quantitative estimate of drug-likeness (QED) is 0.664. The molecule has 1 aliphatic heterocycles. The van der Waals surface area contributed by atoms with E-state index in [1.807, 2.05) is 42.5 Å². The van der Waals surface area contributed by atoms with E-state index in [1.54, 1.807) is 18.2 Å². The lowest BCUT2D eigenvalue weighted by atomic mass is 10.3. The molecule has 0 aromatic rings. The van der Waals surface area contributed by atoms with Gasteiger partial charge in [0, 0.05) is 0 Å². The van der Waals surface area contributed by atoms with Crippen molar-refractivity contribution in [3.8, 4) is 0 Å². The molecule has 0 aromatic carbocycles. The molecule has 0 aromatic heterocycles. The molecule has 0 bridgehead atoms. The molecule has 2 aliphatic rings. The molecule has 0 N–H and O–H groups in total. The van der Waals surface area contributed by atoms with Gasteiger partial charge in [-0.2, -0.15) is 0 Å². The summed E-state index contributed by atoms with van der Waals surface area (Å²) in [6.45, 7) is 0. The lowest BCUT2D eigenvalue weighted by Crippen LogP contribution is -1.98. The Kier molecular flexibility index (Phi) is 3.18. The monoisotopic (exact) mass is 210 g/mol. The zero-order valence-electron chi connectivity index (χ0n) is 8.58. The number of rotatable bonds is 0. The first-order valence-electron chi connectivity index (χ1n) is 4.93. The molecule has 3 nitrogen and oxygen atoms in total. The molecule has 0 fully saturated rings. The highest BCUT2D eigenvalue weighted by Gasteiger charge is 1.92. The van der Waals surface area contributed by atoms with Crippen molar-refractivity contribution in [2.24, 2.45) is 0 Å². The molecular weight excluding hydrogens is 200 g/mol. The van der Waals surface area contributed by atoms with E-state index in [4.69, 9.17) is 0 Å². The summed E-state index contributed by atoms with van der Waals surface area (Å²) >= 11 is 0. The van der Waals surface area contributed by atoms with Gasteiger partial charge in [0.1, 0.15) is 0 Å². The second-order valence-corrected chi connectivity index (χ2v) is 3.18. The number of hydrogen-bond donors (Lipinski definition) is 0. The van der Waals surface area contributed by atoms with Crippen molar-refractivity contribution >= 4 is 0 Å². The normalized spacial score (nSPS) is 9.50. The molecule has 0 saturated heterocycles. The van der Waals surface area contributed by atoms with Crippen LogP contribution in [0, 0.1) is 10.6 Å². The zero-order valence-corrected chi connectivity index (χ0v) is 8.58. The van der Waals surface area contributed by atoms with E-state index < -0.39 is 0 Å².